The number of rotatable bonds is 5. The van der Waals surface area contributed by atoms with Gasteiger partial charge >= 0.3 is 0 Å². The molecule has 4 nitrogen and oxygen atoms in total. The van der Waals surface area contributed by atoms with E-state index < -0.39 is 0 Å². The van der Waals surface area contributed by atoms with Crippen LogP contribution in [0, 0.1) is 12.8 Å². The minimum atomic E-state index is 0.836. The smallest absolute Gasteiger partial charge is 0.137 e. The monoisotopic (exact) mass is 262 g/mol. The van der Waals surface area contributed by atoms with E-state index in [-0.39, 0.29) is 0 Å². The molecule has 0 bridgehead atoms. The van der Waals surface area contributed by atoms with Gasteiger partial charge in [0.1, 0.15) is 17.5 Å². The van der Waals surface area contributed by atoms with E-state index in [9.17, 15) is 0 Å². The van der Waals surface area contributed by atoms with Crippen LogP contribution in [0.3, 0.4) is 0 Å². The highest BCUT2D eigenvalue weighted by atomic mass is 15.2. The zero-order valence-corrected chi connectivity index (χ0v) is 12.7. The number of anilines is 2. The quantitative estimate of drug-likeness (QED) is 0.885. The Bertz CT molecular complexity index is 424. The van der Waals surface area contributed by atoms with Crippen molar-refractivity contribution in [2.75, 3.05) is 30.9 Å². The van der Waals surface area contributed by atoms with Crippen LogP contribution in [0.5, 0.6) is 0 Å². The third-order valence-electron chi connectivity index (χ3n) is 4.09. The molecule has 1 aromatic heterocycles. The molecule has 0 aliphatic heterocycles. The topological polar surface area (TPSA) is 41.1 Å². The van der Waals surface area contributed by atoms with Crippen molar-refractivity contribution in [2.45, 2.75) is 46.0 Å². The average molecular weight is 262 g/mol. The van der Waals surface area contributed by atoms with Crippen LogP contribution in [-0.2, 0) is 6.42 Å². The van der Waals surface area contributed by atoms with Crippen molar-refractivity contribution < 1.29 is 0 Å². The summed E-state index contributed by atoms with van der Waals surface area (Å²) in [6, 6.07) is 0. The van der Waals surface area contributed by atoms with Gasteiger partial charge in [-0.05, 0) is 25.7 Å². The van der Waals surface area contributed by atoms with E-state index in [1.807, 2.05) is 7.05 Å². The van der Waals surface area contributed by atoms with Crippen molar-refractivity contribution in [1.29, 1.82) is 0 Å². The minimum absolute atomic E-state index is 0.836. The summed E-state index contributed by atoms with van der Waals surface area (Å²) < 4.78 is 0. The number of hydrogen-bond acceptors (Lipinski definition) is 4. The summed E-state index contributed by atoms with van der Waals surface area (Å²) in [6.45, 7) is 5.32. The molecular weight excluding hydrogens is 236 g/mol. The van der Waals surface area contributed by atoms with Gasteiger partial charge in [0.2, 0.25) is 0 Å². The highest BCUT2D eigenvalue weighted by Crippen LogP contribution is 2.28. The highest BCUT2D eigenvalue weighted by Gasteiger charge is 2.19. The average Bonchev–Trinajstić information content (AvgIpc) is 2.91. The van der Waals surface area contributed by atoms with Gasteiger partial charge < -0.3 is 10.2 Å². The fourth-order valence-corrected chi connectivity index (χ4v) is 2.99. The van der Waals surface area contributed by atoms with Gasteiger partial charge in [-0.25, -0.2) is 9.97 Å². The van der Waals surface area contributed by atoms with Gasteiger partial charge in [-0.15, -0.1) is 0 Å². The summed E-state index contributed by atoms with van der Waals surface area (Å²) in [6.07, 6.45) is 6.40. The molecule has 0 saturated heterocycles. The van der Waals surface area contributed by atoms with Crippen LogP contribution in [0.15, 0.2) is 0 Å². The molecule has 1 heterocycles. The molecule has 0 amide bonds. The number of nitrogens with zero attached hydrogens (tertiary/aromatic N) is 3. The first-order valence-electron chi connectivity index (χ1n) is 7.42. The highest BCUT2D eigenvalue weighted by molar-refractivity contribution is 5.58. The van der Waals surface area contributed by atoms with Gasteiger partial charge in [0.25, 0.3) is 0 Å². The lowest BCUT2D eigenvalue weighted by atomic mass is 10.1. The standard InChI is InChI=1S/C15H26N4/c1-5-13-17-14(16-3)11(2)15(18-13)19(4)10-12-8-6-7-9-12/h12H,5-10H2,1-4H3,(H,16,17,18). The predicted molar refractivity (Wildman–Crippen MR) is 80.9 cm³/mol. The second-order valence-corrected chi connectivity index (χ2v) is 5.57. The molecule has 0 unspecified atom stereocenters. The molecule has 0 spiro atoms. The molecule has 1 aliphatic carbocycles. The van der Waals surface area contributed by atoms with Crippen LogP contribution in [0.1, 0.15) is 44.0 Å². The Labute approximate surface area is 116 Å². The summed E-state index contributed by atoms with van der Waals surface area (Å²) in [7, 11) is 4.09. The number of aromatic nitrogens is 2. The Balaban J connectivity index is 2.21. The molecule has 1 fully saturated rings. The van der Waals surface area contributed by atoms with E-state index in [4.69, 9.17) is 4.98 Å². The fourth-order valence-electron chi connectivity index (χ4n) is 2.99. The molecule has 19 heavy (non-hydrogen) atoms. The van der Waals surface area contributed by atoms with Gasteiger partial charge in [0.05, 0.1) is 0 Å². The first kappa shape index (κ1) is 14.1. The molecule has 106 valence electrons. The lowest BCUT2D eigenvalue weighted by Gasteiger charge is -2.25. The molecule has 0 radical (unpaired) electrons. The molecule has 0 atom stereocenters. The summed E-state index contributed by atoms with van der Waals surface area (Å²) in [4.78, 5) is 11.6. The van der Waals surface area contributed by atoms with Crippen molar-refractivity contribution in [3.05, 3.63) is 11.4 Å². The van der Waals surface area contributed by atoms with Crippen LogP contribution in [0.4, 0.5) is 11.6 Å². The number of hydrogen-bond donors (Lipinski definition) is 1. The lowest BCUT2D eigenvalue weighted by Crippen LogP contribution is -2.26. The Morgan fingerprint density at radius 2 is 1.95 bits per heavy atom. The van der Waals surface area contributed by atoms with Gasteiger partial charge in [0.15, 0.2) is 0 Å². The molecule has 2 rings (SSSR count). The number of nitrogens with one attached hydrogen (secondary N) is 1. The van der Waals surface area contributed by atoms with E-state index in [0.29, 0.717) is 0 Å². The van der Waals surface area contributed by atoms with Crippen LogP contribution in [0.2, 0.25) is 0 Å². The van der Waals surface area contributed by atoms with E-state index in [1.54, 1.807) is 0 Å². The molecule has 1 saturated carbocycles. The number of aryl methyl sites for hydroxylation is 1. The van der Waals surface area contributed by atoms with Gasteiger partial charge in [-0.3, -0.25) is 0 Å². The zero-order chi connectivity index (χ0) is 13.8. The zero-order valence-electron chi connectivity index (χ0n) is 12.7. The molecular formula is C15H26N4. The minimum Gasteiger partial charge on any atom is -0.373 e. The van der Waals surface area contributed by atoms with E-state index in [1.165, 1.54) is 25.7 Å². The third-order valence-corrected chi connectivity index (χ3v) is 4.09. The summed E-state index contributed by atoms with van der Waals surface area (Å²) >= 11 is 0. The maximum Gasteiger partial charge on any atom is 0.137 e. The second-order valence-electron chi connectivity index (χ2n) is 5.57. The van der Waals surface area contributed by atoms with E-state index in [0.717, 1.165) is 41.9 Å². The SMILES string of the molecule is CCc1nc(NC)c(C)c(N(C)CC2CCCC2)n1. The summed E-state index contributed by atoms with van der Waals surface area (Å²) in [5.41, 5.74) is 1.15. The molecule has 4 heteroatoms. The Kier molecular flexibility index (Phi) is 4.61. The van der Waals surface area contributed by atoms with Crippen molar-refractivity contribution in [2.24, 2.45) is 5.92 Å². The molecule has 0 aromatic carbocycles. The fraction of sp³-hybridized carbons (Fsp3) is 0.733. The van der Waals surface area contributed by atoms with Crippen LogP contribution in [0.25, 0.3) is 0 Å². The van der Waals surface area contributed by atoms with Gasteiger partial charge in [0, 0.05) is 32.6 Å². The molecule has 1 aliphatic rings. The van der Waals surface area contributed by atoms with Crippen molar-refractivity contribution in [3.63, 3.8) is 0 Å². The summed E-state index contributed by atoms with van der Waals surface area (Å²) in [5.74, 6) is 3.80. The summed E-state index contributed by atoms with van der Waals surface area (Å²) in [5, 5.41) is 3.18. The first-order chi connectivity index (χ1) is 9.15. The Hall–Kier alpha value is -1.32. The van der Waals surface area contributed by atoms with Crippen LogP contribution >= 0.6 is 0 Å². The first-order valence-corrected chi connectivity index (χ1v) is 7.42. The van der Waals surface area contributed by atoms with Crippen molar-refractivity contribution >= 4 is 11.6 Å². The normalized spacial score (nSPS) is 15.8. The molecule has 1 aromatic rings. The van der Waals surface area contributed by atoms with E-state index in [2.05, 4.69) is 36.1 Å². The van der Waals surface area contributed by atoms with Crippen LogP contribution in [-0.4, -0.2) is 30.6 Å². The van der Waals surface area contributed by atoms with E-state index >= 15 is 0 Å². The maximum absolute atomic E-state index is 4.72. The second kappa shape index (κ2) is 6.22. The maximum atomic E-state index is 4.72. The lowest BCUT2D eigenvalue weighted by molar-refractivity contribution is 0.544. The van der Waals surface area contributed by atoms with Crippen molar-refractivity contribution in [1.82, 2.24) is 9.97 Å². The third kappa shape index (κ3) is 3.17. The van der Waals surface area contributed by atoms with Gasteiger partial charge in [-0.2, -0.15) is 0 Å². The molecule has 1 N–H and O–H groups in total. The van der Waals surface area contributed by atoms with Crippen LogP contribution < -0.4 is 10.2 Å². The van der Waals surface area contributed by atoms with Crippen molar-refractivity contribution in [3.8, 4) is 0 Å². The Morgan fingerprint density at radius 3 is 2.53 bits per heavy atom. The largest absolute Gasteiger partial charge is 0.373 e. The Morgan fingerprint density at radius 1 is 1.26 bits per heavy atom. The predicted octanol–water partition coefficient (Wildman–Crippen LogP) is 3.02. The van der Waals surface area contributed by atoms with Gasteiger partial charge in [-0.1, -0.05) is 19.8 Å².